The first-order valence-electron chi connectivity index (χ1n) is 6.00. The molecule has 1 fully saturated rings. The van der Waals surface area contributed by atoms with Crippen molar-refractivity contribution in [1.82, 2.24) is 9.88 Å². The summed E-state index contributed by atoms with van der Waals surface area (Å²) >= 11 is 0. The summed E-state index contributed by atoms with van der Waals surface area (Å²) in [5.41, 5.74) is 0.343. The number of aliphatic carboxylic acids is 1. The van der Waals surface area contributed by atoms with Gasteiger partial charge in [-0.3, -0.25) is 14.7 Å². The molecule has 0 bridgehead atoms. The minimum atomic E-state index is -0.728. The fourth-order valence-corrected chi connectivity index (χ4v) is 2.38. The van der Waals surface area contributed by atoms with Crippen molar-refractivity contribution >= 4 is 5.97 Å². The Balaban J connectivity index is 2.15. The minimum Gasteiger partial charge on any atom is -0.480 e. The average molecular weight is 234 g/mol. The Morgan fingerprint density at radius 3 is 3.06 bits per heavy atom. The summed E-state index contributed by atoms with van der Waals surface area (Å²) in [6, 6.07) is 3.88. The number of hydrogen-bond acceptors (Lipinski definition) is 3. The molecule has 0 spiro atoms. The first-order valence-corrected chi connectivity index (χ1v) is 6.00. The number of aromatic nitrogens is 1. The third kappa shape index (κ3) is 2.47. The van der Waals surface area contributed by atoms with Crippen molar-refractivity contribution in [1.29, 1.82) is 0 Å². The zero-order valence-corrected chi connectivity index (χ0v) is 10.1. The molecule has 1 aliphatic rings. The second-order valence-corrected chi connectivity index (χ2v) is 4.82. The van der Waals surface area contributed by atoms with Gasteiger partial charge in [0.05, 0.1) is 0 Å². The summed E-state index contributed by atoms with van der Waals surface area (Å²) in [5.74, 6) is -0.721. The van der Waals surface area contributed by atoms with Crippen molar-refractivity contribution in [2.45, 2.75) is 38.3 Å². The van der Waals surface area contributed by atoms with E-state index in [0.717, 1.165) is 31.4 Å². The van der Waals surface area contributed by atoms with Crippen molar-refractivity contribution < 1.29 is 9.90 Å². The van der Waals surface area contributed by atoms with Gasteiger partial charge < -0.3 is 5.11 Å². The number of likely N-dealkylation sites (tertiary alicyclic amines) is 1. The van der Waals surface area contributed by atoms with Gasteiger partial charge in [0.1, 0.15) is 5.54 Å². The molecule has 0 saturated carbocycles. The Bertz CT molecular complexity index is 394. The molecule has 0 amide bonds. The molecule has 1 saturated heterocycles. The molecule has 1 aromatic rings. The van der Waals surface area contributed by atoms with Crippen LogP contribution in [0.5, 0.6) is 0 Å². The molecule has 0 aromatic carbocycles. The van der Waals surface area contributed by atoms with Crippen LogP contribution in [0.2, 0.25) is 0 Å². The number of rotatable bonds is 3. The maximum absolute atomic E-state index is 11.4. The van der Waals surface area contributed by atoms with Gasteiger partial charge in [-0.15, -0.1) is 0 Å². The highest BCUT2D eigenvalue weighted by Gasteiger charge is 2.41. The van der Waals surface area contributed by atoms with Crippen LogP contribution >= 0.6 is 0 Å². The molecular formula is C13H18N2O2. The molecule has 1 aromatic heterocycles. The minimum absolute atomic E-state index is 0.663. The van der Waals surface area contributed by atoms with Gasteiger partial charge in [-0.05, 0) is 44.4 Å². The summed E-state index contributed by atoms with van der Waals surface area (Å²) in [4.78, 5) is 17.5. The van der Waals surface area contributed by atoms with E-state index >= 15 is 0 Å². The molecular weight excluding hydrogens is 216 g/mol. The lowest BCUT2D eigenvalue weighted by Crippen LogP contribution is -2.54. The Kier molecular flexibility index (Phi) is 3.43. The van der Waals surface area contributed by atoms with Gasteiger partial charge >= 0.3 is 5.97 Å². The van der Waals surface area contributed by atoms with Crippen molar-refractivity contribution in [3.8, 4) is 0 Å². The van der Waals surface area contributed by atoms with Crippen molar-refractivity contribution in [3.63, 3.8) is 0 Å². The highest BCUT2D eigenvalue weighted by atomic mass is 16.4. The number of carboxylic acid groups (broad SMARTS) is 1. The lowest BCUT2D eigenvalue weighted by molar-refractivity contribution is -0.153. The molecule has 1 N–H and O–H groups in total. The molecule has 4 heteroatoms. The zero-order valence-electron chi connectivity index (χ0n) is 10.1. The standard InChI is InChI=1S/C13H18N2O2/c1-13(12(16)17)6-2-3-8-15(13)10-11-5-4-7-14-9-11/h4-5,7,9H,2-3,6,8,10H2,1H3,(H,16,17). The third-order valence-corrected chi connectivity index (χ3v) is 3.60. The second-order valence-electron chi connectivity index (χ2n) is 4.82. The largest absolute Gasteiger partial charge is 0.480 e. The Hall–Kier alpha value is -1.42. The highest BCUT2D eigenvalue weighted by molar-refractivity contribution is 5.78. The van der Waals surface area contributed by atoms with Crippen LogP contribution in [-0.4, -0.2) is 33.0 Å². The first kappa shape index (κ1) is 12.0. The summed E-state index contributed by atoms with van der Waals surface area (Å²) in [6.07, 6.45) is 6.32. The maximum atomic E-state index is 11.4. The van der Waals surface area contributed by atoms with Crippen LogP contribution in [0.4, 0.5) is 0 Å². The van der Waals surface area contributed by atoms with Gasteiger partial charge in [-0.1, -0.05) is 6.07 Å². The second kappa shape index (κ2) is 4.84. The Morgan fingerprint density at radius 1 is 1.59 bits per heavy atom. The summed E-state index contributed by atoms with van der Waals surface area (Å²) in [7, 11) is 0. The van der Waals surface area contributed by atoms with E-state index in [9.17, 15) is 9.90 Å². The lowest BCUT2D eigenvalue weighted by atomic mass is 9.88. The van der Waals surface area contributed by atoms with E-state index in [2.05, 4.69) is 9.88 Å². The predicted molar refractivity (Wildman–Crippen MR) is 64.5 cm³/mol. The zero-order chi connectivity index (χ0) is 12.3. The van der Waals surface area contributed by atoms with E-state index in [-0.39, 0.29) is 0 Å². The molecule has 1 aliphatic heterocycles. The Morgan fingerprint density at radius 2 is 2.41 bits per heavy atom. The van der Waals surface area contributed by atoms with Crippen LogP contribution in [0.15, 0.2) is 24.5 Å². The van der Waals surface area contributed by atoms with Crippen LogP contribution in [-0.2, 0) is 11.3 Å². The fraction of sp³-hybridized carbons (Fsp3) is 0.538. The maximum Gasteiger partial charge on any atom is 0.323 e. The topological polar surface area (TPSA) is 53.4 Å². The molecule has 1 unspecified atom stereocenters. The van der Waals surface area contributed by atoms with Crippen LogP contribution in [0.25, 0.3) is 0 Å². The van der Waals surface area contributed by atoms with E-state index in [1.165, 1.54) is 0 Å². The van der Waals surface area contributed by atoms with E-state index in [1.54, 1.807) is 12.4 Å². The van der Waals surface area contributed by atoms with Gasteiger partial charge in [-0.2, -0.15) is 0 Å². The molecule has 0 radical (unpaired) electrons. The van der Waals surface area contributed by atoms with Crippen LogP contribution in [0.3, 0.4) is 0 Å². The Labute approximate surface area is 101 Å². The summed E-state index contributed by atoms with van der Waals surface area (Å²) in [5, 5.41) is 9.39. The average Bonchev–Trinajstić information content (AvgIpc) is 2.33. The number of nitrogens with zero attached hydrogens (tertiary/aromatic N) is 2. The van der Waals surface area contributed by atoms with Gasteiger partial charge in [0.15, 0.2) is 0 Å². The van der Waals surface area contributed by atoms with Crippen LogP contribution in [0.1, 0.15) is 31.7 Å². The van der Waals surface area contributed by atoms with E-state index in [0.29, 0.717) is 6.54 Å². The van der Waals surface area contributed by atoms with Crippen molar-refractivity contribution in [3.05, 3.63) is 30.1 Å². The molecule has 92 valence electrons. The van der Waals surface area contributed by atoms with Crippen molar-refractivity contribution in [2.75, 3.05) is 6.54 Å². The molecule has 17 heavy (non-hydrogen) atoms. The van der Waals surface area contributed by atoms with E-state index in [1.807, 2.05) is 19.1 Å². The smallest absolute Gasteiger partial charge is 0.323 e. The highest BCUT2D eigenvalue weighted by Crippen LogP contribution is 2.29. The molecule has 1 atom stereocenters. The van der Waals surface area contributed by atoms with Gasteiger partial charge in [0, 0.05) is 18.9 Å². The normalized spacial score (nSPS) is 25.7. The monoisotopic (exact) mass is 234 g/mol. The number of hydrogen-bond donors (Lipinski definition) is 1. The van der Waals surface area contributed by atoms with Gasteiger partial charge in [-0.25, -0.2) is 0 Å². The molecule has 4 nitrogen and oxygen atoms in total. The summed E-state index contributed by atoms with van der Waals surface area (Å²) < 4.78 is 0. The first-order chi connectivity index (χ1) is 8.13. The SMILES string of the molecule is CC1(C(=O)O)CCCCN1Cc1cccnc1. The summed E-state index contributed by atoms with van der Waals surface area (Å²) in [6.45, 7) is 3.33. The molecule has 2 rings (SSSR count). The quantitative estimate of drug-likeness (QED) is 0.868. The van der Waals surface area contributed by atoms with Crippen LogP contribution < -0.4 is 0 Å². The van der Waals surface area contributed by atoms with Gasteiger partial charge in [0.25, 0.3) is 0 Å². The van der Waals surface area contributed by atoms with E-state index in [4.69, 9.17) is 0 Å². The number of piperidine rings is 1. The van der Waals surface area contributed by atoms with Crippen LogP contribution in [0, 0.1) is 0 Å². The third-order valence-electron chi connectivity index (χ3n) is 3.60. The van der Waals surface area contributed by atoms with Crippen molar-refractivity contribution in [2.24, 2.45) is 0 Å². The van der Waals surface area contributed by atoms with Gasteiger partial charge in [0.2, 0.25) is 0 Å². The number of pyridine rings is 1. The number of carboxylic acids is 1. The fourth-order valence-electron chi connectivity index (χ4n) is 2.38. The predicted octanol–water partition coefficient (Wildman–Crippen LogP) is 1.91. The molecule has 0 aliphatic carbocycles. The molecule has 2 heterocycles. The number of carbonyl (C=O) groups is 1. The van der Waals surface area contributed by atoms with E-state index < -0.39 is 11.5 Å². The lowest BCUT2D eigenvalue weighted by Gasteiger charge is -2.41.